The highest BCUT2D eigenvalue weighted by Crippen LogP contribution is 2.40. The van der Waals surface area contributed by atoms with Crippen molar-refractivity contribution in [2.75, 3.05) is 26.4 Å². The van der Waals surface area contributed by atoms with E-state index in [1.165, 1.54) is 17.0 Å². The number of hydrogen-bond acceptors (Lipinski definition) is 6. The number of rotatable bonds is 9. The number of hydrogen-bond donors (Lipinski definition) is 2. The number of carbonyl (C=O) groups is 2. The highest BCUT2D eigenvalue weighted by atomic mass is 16.5. The lowest BCUT2D eigenvalue weighted by atomic mass is 9.95. The van der Waals surface area contributed by atoms with Crippen molar-refractivity contribution >= 4 is 17.4 Å². The maximum absolute atomic E-state index is 12.9. The fourth-order valence-electron chi connectivity index (χ4n) is 3.63. The van der Waals surface area contributed by atoms with E-state index < -0.39 is 17.7 Å². The zero-order valence-corrected chi connectivity index (χ0v) is 17.7. The van der Waals surface area contributed by atoms with E-state index in [4.69, 9.17) is 9.47 Å². The fraction of sp³-hybridized carbons (Fsp3) is 0.333. The quantitative estimate of drug-likeness (QED) is 0.276. The van der Waals surface area contributed by atoms with Gasteiger partial charge in [0.15, 0.2) is 0 Å². The topological polar surface area (TPSA) is 96.3 Å². The van der Waals surface area contributed by atoms with Crippen molar-refractivity contribution in [3.8, 4) is 11.5 Å². The summed E-state index contributed by atoms with van der Waals surface area (Å²) in [5.74, 6) is -0.927. The molecule has 1 aliphatic rings. The molecule has 7 heteroatoms. The Balaban J connectivity index is 2.02. The average Bonchev–Trinajstić information content (AvgIpc) is 3.02. The number of aliphatic hydroxyl groups excluding tert-OH is 1. The first kappa shape index (κ1) is 22.4. The second-order valence-electron chi connectivity index (χ2n) is 7.09. The van der Waals surface area contributed by atoms with E-state index in [0.717, 1.165) is 0 Å². The molecule has 7 nitrogen and oxygen atoms in total. The number of benzene rings is 2. The summed E-state index contributed by atoms with van der Waals surface area (Å²) in [5, 5.41) is 20.7. The van der Waals surface area contributed by atoms with E-state index in [-0.39, 0.29) is 17.1 Å². The maximum atomic E-state index is 12.9. The molecule has 0 aliphatic carbocycles. The standard InChI is InChI=1S/C24H27NO6/c1-3-30-15-5-14-25-21(16-6-10-18(26)11-7-16)20(23(28)24(25)29)22(27)17-8-12-19(13-9-17)31-4-2/h6-13,21,26-27H,3-5,14-15H2,1-2H3. The summed E-state index contributed by atoms with van der Waals surface area (Å²) in [7, 11) is 0. The van der Waals surface area contributed by atoms with Crippen LogP contribution in [0.2, 0.25) is 0 Å². The molecule has 3 rings (SSSR count). The lowest BCUT2D eigenvalue weighted by Crippen LogP contribution is -2.31. The number of likely N-dealkylation sites (tertiary alicyclic amines) is 1. The van der Waals surface area contributed by atoms with Gasteiger partial charge in [-0.05, 0) is 62.2 Å². The summed E-state index contributed by atoms with van der Waals surface area (Å²) in [6.45, 7) is 5.60. The number of carbonyl (C=O) groups excluding carboxylic acids is 2. The second-order valence-corrected chi connectivity index (χ2v) is 7.09. The molecule has 0 bridgehead atoms. The second kappa shape index (κ2) is 10.1. The Morgan fingerprint density at radius 2 is 1.68 bits per heavy atom. The monoisotopic (exact) mass is 425 g/mol. The lowest BCUT2D eigenvalue weighted by molar-refractivity contribution is -0.140. The molecule has 164 valence electrons. The van der Waals surface area contributed by atoms with Crippen LogP contribution in [-0.4, -0.2) is 53.2 Å². The molecule has 2 aromatic rings. The minimum atomic E-state index is -0.756. The largest absolute Gasteiger partial charge is 0.508 e. The predicted molar refractivity (Wildman–Crippen MR) is 116 cm³/mol. The van der Waals surface area contributed by atoms with Crippen molar-refractivity contribution in [3.63, 3.8) is 0 Å². The molecule has 1 fully saturated rings. The number of Topliss-reactive ketones (excluding diaryl/α,β-unsaturated/α-hetero) is 1. The Morgan fingerprint density at radius 1 is 1.00 bits per heavy atom. The van der Waals surface area contributed by atoms with E-state index in [1.54, 1.807) is 36.4 Å². The van der Waals surface area contributed by atoms with Crippen molar-refractivity contribution in [1.29, 1.82) is 0 Å². The highest BCUT2D eigenvalue weighted by molar-refractivity contribution is 6.46. The molecule has 1 atom stereocenters. The fourth-order valence-corrected chi connectivity index (χ4v) is 3.63. The number of aliphatic hydroxyl groups is 1. The third-order valence-corrected chi connectivity index (χ3v) is 5.08. The van der Waals surface area contributed by atoms with Crippen LogP contribution >= 0.6 is 0 Å². The molecule has 1 unspecified atom stereocenters. The van der Waals surface area contributed by atoms with Gasteiger partial charge in [-0.3, -0.25) is 9.59 Å². The first-order chi connectivity index (χ1) is 15.0. The predicted octanol–water partition coefficient (Wildman–Crippen LogP) is 3.64. The van der Waals surface area contributed by atoms with Crippen molar-refractivity contribution < 1.29 is 29.3 Å². The summed E-state index contributed by atoms with van der Waals surface area (Å²) in [5.41, 5.74) is 1.07. The first-order valence-corrected chi connectivity index (χ1v) is 10.4. The maximum Gasteiger partial charge on any atom is 0.295 e. The minimum Gasteiger partial charge on any atom is -0.508 e. The first-order valence-electron chi connectivity index (χ1n) is 10.4. The van der Waals surface area contributed by atoms with E-state index in [0.29, 0.717) is 49.7 Å². The highest BCUT2D eigenvalue weighted by Gasteiger charge is 2.45. The Labute approximate surface area is 181 Å². The van der Waals surface area contributed by atoms with Gasteiger partial charge in [-0.25, -0.2) is 0 Å². The van der Waals surface area contributed by atoms with Gasteiger partial charge in [0.1, 0.15) is 17.3 Å². The number of ketones is 1. The van der Waals surface area contributed by atoms with Gasteiger partial charge in [-0.1, -0.05) is 12.1 Å². The van der Waals surface area contributed by atoms with E-state index in [1.807, 2.05) is 13.8 Å². The SMILES string of the molecule is CCOCCCN1C(=O)C(=O)C(=C(O)c2ccc(OCC)cc2)C1c1ccc(O)cc1. The van der Waals surface area contributed by atoms with Crippen LogP contribution in [0.1, 0.15) is 37.4 Å². The molecule has 0 spiro atoms. The number of phenolic OH excluding ortho intramolecular Hbond substituents is 1. The molecule has 1 heterocycles. The molecule has 1 amide bonds. The smallest absolute Gasteiger partial charge is 0.295 e. The average molecular weight is 425 g/mol. The van der Waals surface area contributed by atoms with Gasteiger partial charge < -0.3 is 24.6 Å². The number of ether oxygens (including phenoxy) is 2. The van der Waals surface area contributed by atoms with Gasteiger partial charge in [-0.15, -0.1) is 0 Å². The summed E-state index contributed by atoms with van der Waals surface area (Å²) >= 11 is 0. The van der Waals surface area contributed by atoms with Crippen LogP contribution < -0.4 is 4.74 Å². The summed E-state index contributed by atoms with van der Waals surface area (Å²) in [6, 6.07) is 12.2. The van der Waals surface area contributed by atoms with Gasteiger partial charge in [0.05, 0.1) is 18.2 Å². The van der Waals surface area contributed by atoms with Gasteiger partial charge in [0, 0.05) is 25.3 Å². The normalized spacial score (nSPS) is 17.9. The third kappa shape index (κ3) is 4.88. The van der Waals surface area contributed by atoms with Crippen molar-refractivity contribution in [3.05, 3.63) is 65.2 Å². The molecule has 1 aliphatic heterocycles. The summed E-state index contributed by atoms with van der Waals surface area (Å²) in [4.78, 5) is 27.2. The number of phenols is 1. The summed E-state index contributed by atoms with van der Waals surface area (Å²) in [6.07, 6.45) is 0.554. The molecular weight excluding hydrogens is 398 g/mol. The van der Waals surface area contributed by atoms with Crippen LogP contribution in [0.15, 0.2) is 54.1 Å². The Hall–Kier alpha value is -3.32. The molecule has 31 heavy (non-hydrogen) atoms. The van der Waals surface area contributed by atoms with Crippen LogP contribution in [0.25, 0.3) is 5.76 Å². The van der Waals surface area contributed by atoms with Crippen LogP contribution in [0, 0.1) is 0 Å². The van der Waals surface area contributed by atoms with Gasteiger partial charge in [0.2, 0.25) is 0 Å². The van der Waals surface area contributed by atoms with Crippen molar-refractivity contribution in [1.82, 2.24) is 4.90 Å². The number of nitrogens with zero attached hydrogens (tertiary/aromatic N) is 1. The van der Waals surface area contributed by atoms with E-state index in [2.05, 4.69) is 0 Å². The lowest BCUT2D eigenvalue weighted by Gasteiger charge is -2.25. The van der Waals surface area contributed by atoms with Gasteiger partial charge >= 0.3 is 0 Å². The van der Waals surface area contributed by atoms with Crippen LogP contribution in [0.3, 0.4) is 0 Å². The number of amides is 1. The van der Waals surface area contributed by atoms with Crippen molar-refractivity contribution in [2.24, 2.45) is 0 Å². The van der Waals surface area contributed by atoms with Gasteiger partial charge in [-0.2, -0.15) is 0 Å². The Morgan fingerprint density at radius 3 is 2.29 bits per heavy atom. The molecular formula is C24H27NO6. The molecule has 0 aromatic heterocycles. The van der Waals surface area contributed by atoms with Crippen LogP contribution in [0.5, 0.6) is 11.5 Å². The zero-order valence-electron chi connectivity index (χ0n) is 17.7. The molecule has 0 radical (unpaired) electrons. The summed E-state index contributed by atoms with van der Waals surface area (Å²) < 4.78 is 10.8. The van der Waals surface area contributed by atoms with E-state index in [9.17, 15) is 19.8 Å². The van der Waals surface area contributed by atoms with Crippen molar-refractivity contribution in [2.45, 2.75) is 26.3 Å². The number of aromatic hydroxyl groups is 1. The van der Waals surface area contributed by atoms with Gasteiger partial charge in [0.25, 0.3) is 11.7 Å². The molecule has 2 N–H and O–H groups in total. The molecule has 1 saturated heterocycles. The van der Waals surface area contributed by atoms with Crippen LogP contribution in [0.4, 0.5) is 0 Å². The molecule has 0 saturated carbocycles. The minimum absolute atomic E-state index is 0.0243. The molecule has 2 aromatic carbocycles. The Kier molecular flexibility index (Phi) is 7.31. The third-order valence-electron chi connectivity index (χ3n) is 5.08. The Bertz CT molecular complexity index is 949. The zero-order chi connectivity index (χ0) is 22.4. The van der Waals surface area contributed by atoms with Crippen LogP contribution in [-0.2, 0) is 14.3 Å². The van der Waals surface area contributed by atoms with E-state index >= 15 is 0 Å².